The maximum atomic E-state index is 2.42. The number of hydrogen-bond donors (Lipinski definition) is 0. The van der Waals surface area contributed by atoms with Gasteiger partial charge in [0.2, 0.25) is 0 Å². The van der Waals surface area contributed by atoms with Crippen molar-refractivity contribution < 1.29 is 0 Å². The van der Waals surface area contributed by atoms with Crippen LogP contribution in [0.15, 0.2) is 0 Å². The van der Waals surface area contributed by atoms with Crippen molar-refractivity contribution in [2.24, 2.45) is 11.8 Å². The van der Waals surface area contributed by atoms with Crippen molar-refractivity contribution in [3.63, 3.8) is 0 Å². The van der Waals surface area contributed by atoms with E-state index in [4.69, 9.17) is 0 Å². The van der Waals surface area contributed by atoms with Crippen LogP contribution in [0.4, 0.5) is 0 Å². The third kappa shape index (κ3) is 21.2. The van der Waals surface area contributed by atoms with Crippen molar-refractivity contribution in [3.05, 3.63) is 0 Å². The summed E-state index contributed by atoms with van der Waals surface area (Å²) in [6.45, 7) is 9.47. The Hall–Kier alpha value is 0. The molecule has 0 aromatic rings. The fraction of sp³-hybridized carbons (Fsp3) is 1.00. The van der Waals surface area contributed by atoms with Gasteiger partial charge in [-0.2, -0.15) is 0 Å². The van der Waals surface area contributed by atoms with Gasteiger partial charge < -0.3 is 0 Å². The zero-order valence-corrected chi connectivity index (χ0v) is 22.1. The molecule has 2 unspecified atom stereocenters. The minimum atomic E-state index is 1.01. The molecule has 0 fully saturated rings. The van der Waals surface area contributed by atoms with Crippen LogP contribution in [0.3, 0.4) is 0 Å². The second-order valence-electron chi connectivity index (χ2n) is 10.4. The highest BCUT2D eigenvalue weighted by Gasteiger charge is 2.09. The Balaban J connectivity index is 3.56. The van der Waals surface area contributed by atoms with Gasteiger partial charge in [-0.15, -0.1) is 0 Å². The van der Waals surface area contributed by atoms with Crippen molar-refractivity contribution >= 4 is 0 Å². The summed E-state index contributed by atoms with van der Waals surface area (Å²) < 4.78 is 0. The molecule has 0 saturated heterocycles. The third-order valence-electron chi connectivity index (χ3n) is 7.56. The topological polar surface area (TPSA) is 0 Å². The first kappa shape index (κ1) is 30.0. The standard InChI is InChI=1S/C30H62/c1-5-9-11-13-15-17-19-21-25-29(7-3)27-23-24-28-30(8-4)26-22-20-18-16-14-12-10-6-2/h29-30H,5-28H2,1-4H3. The van der Waals surface area contributed by atoms with E-state index in [1.165, 1.54) is 154 Å². The molecular formula is C30H62. The predicted molar refractivity (Wildman–Crippen MR) is 140 cm³/mol. The van der Waals surface area contributed by atoms with Gasteiger partial charge in [0, 0.05) is 0 Å². The van der Waals surface area contributed by atoms with E-state index in [2.05, 4.69) is 27.7 Å². The van der Waals surface area contributed by atoms with Crippen molar-refractivity contribution in [3.8, 4) is 0 Å². The van der Waals surface area contributed by atoms with Crippen molar-refractivity contribution in [1.29, 1.82) is 0 Å². The molecule has 2 atom stereocenters. The second kappa shape index (κ2) is 25.3. The Labute approximate surface area is 193 Å². The zero-order chi connectivity index (χ0) is 22.1. The summed E-state index contributed by atoms with van der Waals surface area (Å²) in [6, 6.07) is 0. The average Bonchev–Trinajstić information content (AvgIpc) is 2.77. The maximum Gasteiger partial charge on any atom is -0.0417 e. The fourth-order valence-electron chi connectivity index (χ4n) is 5.10. The number of hydrogen-bond acceptors (Lipinski definition) is 0. The van der Waals surface area contributed by atoms with Gasteiger partial charge in [-0.3, -0.25) is 0 Å². The summed E-state index contributed by atoms with van der Waals surface area (Å²) in [5.41, 5.74) is 0. The van der Waals surface area contributed by atoms with E-state index in [0.29, 0.717) is 0 Å². The van der Waals surface area contributed by atoms with Crippen molar-refractivity contribution in [2.45, 2.75) is 182 Å². The molecule has 0 bridgehead atoms. The molecule has 0 spiro atoms. The van der Waals surface area contributed by atoms with Crippen LogP contribution in [0.2, 0.25) is 0 Å². The lowest BCUT2D eigenvalue weighted by atomic mass is 9.89. The molecular weight excluding hydrogens is 360 g/mol. The van der Waals surface area contributed by atoms with E-state index >= 15 is 0 Å². The van der Waals surface area contributed by atoms with Gasteiger partial charge in [-0.1, -0.05) is 182 Å². The van der Waals surface area contributed by atoms with Crippen LogP contribution in [0.25, 0.3) is 0 Å². The van der Waals surface area contributed by atoms with Gasteiger partial charge in [-0.25, -0.2) is 0 Å². The predicted octanol–water partition coefficient (Wildman–Crippen LogP) is 11.7. The zero-order valence-electron chi connectivity index (χ0n) is 22.1. The molecule has 0 aliphatic rings. The highest BCUT2D eigenvalue weighted by molar-refractivity contribution is 4.62. The summed E-state index contributed by atoms with van der Waals surface area (Å²) in [5.74, 6) is 2.02. The Morgan fingerprint density at radius 2 is 0.533 bits per heavy atom. The first-order chi connectivity index (χ1) is 14.8. The SMILES string of the molecule is CCCCCCCCCCC(CC)CCCCC(CC)CCCCCCCCCC. The minimum absolute atomic E-state index is 1.01. The minimum Gasteiger partial charge on any atom is -0.0654 e. The maximum absolute atomic E-state index is 2.42. The lowest BCUT2D eigenvalue weighted by Gasteiger charge is -2.17. The van der Waals surface area contributed by atoms with Crippen LogP contribution in [-0.4, -0.2) is 0 Å². The van der Waals surface area contributed by atoms with Crippen molar-refractivity contribution in [2.75, 3.05) is 0 Å². The third-order valence-corrected chi connectivity index (χ3v) is 7.56. The van der Waals surface area contributed by atoms with Crippen LogP contribution in [-0.2, 0) is 0 Å². The monoisotopic (exact) mass is 422 g/mol. The van der Waals surface area contributed by atoms with Gasteiger partial charge in [-0.05, 0) is 11.8 Å². The molecule has 0 saturated carbocycles. The molecule has 182 valence electrons. The molecule has 0 heteroatoms. The van der Waals surface area contributed by atoms with E-state index < -0.39 is 0 Å². The molecule has 0 radical (unpaired) electrons. The molecule has 0 aliphatic heterocycles. The van der Waals surface area contributed by atoms with Crippen LogP contribution in [0, 0.1) is 11.8 Å². The normalized spacial score (nSPS) is 13.6. The highest BCUT2D eigenvalue weighted by atomic mass is 14.1. The average molecular weight is 423 g/mol. The Morgan fingerprint density at radius 1 is 0.300 bits per heavy atom. The Kier molecular flexibility index (Phi) is 25.3. The Bertz CT molecular complexity index is 264. The second-order valence-corrected chi connectivity index (χ2v) is 10.4. The van der Waals surface area contributed by atoms with Gasteiger partial charge >= 0.3 is 0 Å². The fourth-order valence-corrected chi connectivity index (χ4v) is 5.10. The summed E-state index contributed by atoms with van der Waals surface area (Å²) in [4.78, 5) is 0. The van der Waals surface area contributed by atoms with E-state index in [1.807, 2.05) is 0 Å². The summed E-state index contributed by atoms with van der Waals surface area (Å²) in [6.07, 6.45) is 35.2. The molecule has 0 rings (SSSR count). The number of rotatable bonds is 25. The van der Waals surface area contributed by atoms with Crippen LogP contribution >= 0.6 is 0 Å². The first-order valence-corrected chi connectivity index (χ1v) is 14.8. The summed E-state index contributed by atoms with van der Waals surface area (Å²) in [7, 11) is 0. The van der Waals surface area contributed by atoms with Crippen LogP contribution in [0.5, 0.6) is 0 Å². The number of unbranched alkanes of at least 4 members (excludes halogenated alkanes) is 15. The van der Waals surface area contributed by atoms with E-state index in [1.54, 1.807) is 0 Å². The quantitative estimate of drug-likeness (QED) is 0.128. The molecule has 30 heavy (non-hydrogen) atoms. The lowest BCUT2D eigenvalue weighted by Crippen LogP contribution is -2.02. The van der Waals surface area contributed by atoms with Crippen LogP contribution in [0.1, 0.15) is 182 Å². The van der Waals surface area contributed by atoms with Crippen molar-refractivity contribution in [1.82, 2.24) is 0 Å². The molecule has 0 aliphatic carbocycles. The molecule has 0 aromatic heterocycles. The molecule has 0 nitrogen and oxygen atoms in total. The smallest absolute Gasteiger partial charge is 0.0417 e. The molecule has 0 aromatic carbocycles. The van der Waals surface area contributed by atoms with Gasteiger partial charge in [0.1, 0.15) is 0 Å². The van der Waals surface area contributed by atoms with E-state index in [9.17, 15) is 0 Å². The summed E-state index contributed by atoms with van der Waals surface area (Å²) in [5, 5.41) is 0. The molecule has 0 heterocycles. The summed E-state index contributed by atoms with van der Waals surface area (Å²) >= 11 is 0. The highest BCUT2D eigenvalue weighted by Crippen LogP contribution is 2.25. The van der Waals surface area contributed by atoms with Gasteiger partial charge in [0.25, 0.3) is 0 Å². The van der Waals surface area contributed by atoms with Crippen LogP contribution < -0.4 is 0 Å². The molecule has 0 N–H and O–H groups in total. The van der Waals surface area contributed by atoms with E-state index in [-0.39, 0.29) is 0 Å². The lowest BCUT2D eigenvalue weighted by molar-refractivity contribution is 0.362. The molecule has 0 amide bonds. The Morgan fingerprint density at radius 3 is 0.800 bits per heavy atom. The largest absolute Gasteiger partial charge is 0.0654 e. The van der Waals surface area contributed by atoms with Gasteiger partial charge in [0.05, 0.1) is 0 Å². The van der Waals surface area contributed by atoms with Gasteiger partial charge in [0.15, 0.2) is 0 Å². The first-order valence-electron chi connectivity index (χ1n) is 14.8. The van der Waals surface area contributed by atoms with E-state index in [0.717, 1.165) is 11.8 Å².